The van der Waals surface area contributed by atoms with Crippen LogP contribution in [0, 0.1) is 0 Å². The van der Waals surface area contributed by atoms with E-state index in [1.54, 1.807) is 26.2 Å². The van der Waals surface area contributed by atoms with E-state index in [1.807, 2.05) is 0 Å². The second-order valence-corrected chi connectivity index (χ2v) is 3.72. The number of rotatable bonds is 5. The average molecular weight is 237 g/mol. The molecule has 5 heteroatoms. The number of carboxylic acid groups (broad SMARTS) is 1. The predicted octanol–water partition coefficient (Wildman–Crippen LogP) is 1.24. The third-order valence-electron chi connectivity index (χ3n) is 2.16. The van der Waals surface area contributed by atoms with Crippen molar-refractivity contribution in [1.82, 2.24) is 4.90 Å². The summed E-state index contributed by atoms with van der Waals surface area (Å²) >= 11 is 0. The highest BCUT2D eigenvalue weighted by atomic mass is 16.5. The number of carboxylic acids is 1. The van der Waals surface area contributed by atoms with Crippen molar-refractivity contribution >= 4 is 11.9 Å². The minimum absolute atomic E-state index is 0.0283. The van der Waals surface area contributed by atoms with Crippen molar-refractivity contribution in [1.29, 1.82) is 0 Å². The van der Waals surface area contributed by atoms with Gasteiger partial charge in [-0.3, -0.25) is 4.79 Å². The molecule has 17 heavy (non-hydrogen) atoms. The highest BCUT2D eigenvalue weighted by molar-refractivity contribution is 5.88. The Labute approximate surface area is 99.6 Å². The largest absolute Gasteiger partial charge is 0.493 e. The third-order valence-corrected chi connectivity index (χ3v) is 2.16. The molecule has 0 heterocycles. The van der Waals surface area contributed by atoms with Crippen LogP contribution in [0.5, 0.6) is 5.75 Å². The number of carbonyl (C=O) groups is 2. The van der Waals surface area contributed by atoms with Crippen molar-refractivity contribution < 1.29 is 19.4 Å². The Morgan fingerprint density at radius 3 is 2.65 bits per heavy atom. The molecule has 1 amide bonds. The fraction of sp³-hybridized carbons (Fsp3) is 0.333. The summed E-state index contributed by atoms with van der Waals surface area (Å²) in [5.41, 5.74) is 0.168. The van der Waals surface area contributed by atoms with E-state index < -0.39 is 5.97 Å². The van der Waals surface area contributed by atoms with Gasteiger partial charge in [0.25, 0.3) is 0 Å². The molecule has 0 saturated carbocycles. The van der Waals surface area contributed by atoms with Crippen LogP contribution in [0.1, 0.15) is 16.8 Å². The van der Waals surface area contributed by atoms with Crippen molar-refractivity contribution in [3.8, 4) is 5.75 Å². The van der Waals surface area contributed by atoms with E-state index in [0.29, 0.717) is 5.75 Å². The molecule has 0 aliphatic rings. The molecule has 1 aromatic rings. The quantitative estimate of drug-likeness (QED) is 0.836. The summed E-state index contributed by atoms with van der Waals surface area (Å²) in [4.78, 5) is 23.5. The summed E-state index contributed by atoms with van der Waals surface area (Å²) in [5.74, 6) is -0.573. The summed E-state index contributed by atoms with van der Waals surface area (Å²) in [5, 5.41) is 8.78. The molecule has 0 aliphatic heterocycles. The fourth-order valence-corrected chi connectivity index (χ4v) is 1.20. The molecule has 0 spiro atoms. The molecule has 0 aliphatic carbocycles. The van der Waals surface area contributed by atoms with Crippen LogP contribution in [0.2, 0.25) is 0 Å². The highest BCUT2D eigenvalue weighted by Crippen LogP contribution is 2.13. The molecule has 0 radical (unpaired) electrons. The van der Waals surface area contributed by atoms with Gasteiger partial charge in [0.05, 0.1) is 18.6 Å². The Bertz CT molecular complexity index is 415. The number of carbonyl (C=O) groups excluding carboxylic acids is 1. The van der Waals surface area contributed by atoms with Gasteiger partial charge < -0.3 is 14.7 Å². The van der Waals surface area contributed by atoms with Crippen LogP contribution in [-0.2, 0) is 4.79 Å². The molecule has 0 bridgehead atoms. The molecule has 5 nitrogen and oxygen atoms in total. The molecule has 1 N–H and O–H groups in total. The van der Waals surface area contributed by atoms with Crippen LogP contribution >= 0.6 is 0 Å². The second-order valence-electron chi connectivity index (χ2n) is 3.72. The summed E-state index contributed by atoms with van der Waals surface area (Å²) in [7, 11) is 3.35. The number of hydrogen-bond acceptors (Lipinski definition) is 3. The first-order valence-electron chi connectivity index (χ1n) is 5.17. The van der Waals surface area contributed by atoms with Gasteiger partial charge in [0.2, 0.25) is 5.91 Å². The van der Waals surface area contributed by atoms with E-state index in [1.165, 1.54) is 17.0 Å². The second kappa shape index (κ2) is 5.89. The van der Waals surface area contributed by atoms with Gasteiger partial charge in [-0.05, 0) is 18.2 Å². The Morgan fingerprint density at radius 1 is 1.35 bits per heavy atom. The van der Waals surface area contributed by atoms with Gasteiger partial charge in [0.1, 0.15) is 5.75 Å². The molecule has 0 unspecified atom stereocenters. The molecule has 1 aromatic carbocycles. The maximum atomic E-state index is 11.3. The number of amides is 1. The number of ether oxygens (including phenoxy) is 1. The van der Waals surface area contributed by atoms with Gasteiger partial charge in [-0.15, -0.1) is 0 Å². The number of hydrogen-bond donors (Lipinski definition) is 1. The molecule has 1 rings (SSSR count). The molecule has 0 atom stereocenters. The normalized spacial score (nSPS) is 9.76. The van der Waals surface area contributed by atoms with E-state index in [9.17, 15) is 9.59 Å². The number of aromatic carboxylic acids is 1. The zero-order valence-electron chi connectivity index (χ0n) is 9.84. The van der Waals surface area contributed by atoms with Gasteiger partial charge in [0.15, 0.2) is 0 Å². The highest BCUT2D eigenvalue weighted by Gasteiger charge is 2.06. The SMILES string of the molecule is CN(C)C(=O)CCOc1cccc(C(=O)O)c1. The minimum Gasteiger partial charge on any atom is -0.493 e. The fourth-order valence-electron chi connectivity index (χ4n) is 1.20. The Morgan fingerprint density at radius 2 is 2.06 bits per heavy atom. The maximum absolute atomic E-state index is 11.3. The molecule has 92 valence electrons. The third kappa shape index (κ3) is 4.14. The van der Waals surface area contributed by atoms with Crippen molar-refractivity contribution in [2.24, 2.45) is 0 Å². The van der Waals surface area contributed by atoms with E-state index in [-0.39, 0.29) is 24.5 Å². The van der Waals surface area contributed by atoms with Gasteiger partial charge in [-0.2, -0.15) is 0 Å². The Kier molecular flexibility index (Phi) is 4.51. The van der Waals surface area contributed by atoms with Gasteiger partial charge in [-0.1, -0.05) is 6.07 Å². The van der Waals surface area contributed by atoms with Crippen LogP contribution < -0.4 is 4.74 Å². The lowest BCUT2D eigenvalue weighted by Gasteiger charge is -2.11. The first kappa shape index (κ1) is 13.0. The minimum atomic E-state index is -1.00. The summed E-state index contributed by atoms with van der Waals surface area (Å²) < 4.78 is 5.31. The monoisotopic (exact) mass is 237 g/mol. The van der Waals surface area contributed by atoms with Crippen LogP contribution in [0.3, 0.4) is 0 Å². The van der Waals surface area contributed by atoms with E-state index in [2.05, 4.69) is 0 Å². The first-order valence-corrected chi connectivity index (χ1v) is 5.17. The smallest absolute Gasteiger partial charge is 0.335 e. The van der Waals surface area contributed by atoms with Crippen molar-refractivity contribution in [3.63, 3.8) is 0 Å². The molecule has 0 fully saturated rings. The van der Waals surface area contributed by atoms with E-state index in [4.69, 9.17) is 9.84 Å². The number of benzene rings is 1. The van der Waals surface area contributed by atoms with Crippen molar-refractivity contribution in [2.75, 3.05) is 20.7 Å². The predicted molar refractivity (Wildman–Crippen MR) is 62.2 cm³/mol. The van der Waals surface area contributed by atoms with Crippen LogP contribution in [-0.4, -0.2) is 42.6 Å². The van der Waals surface area contributed by atoms with Gasteiger partial charge in [0, 0.05) is 14.1 Å². The van der Waals surface area contributed by atoms with Crippen LogP contribution in [0.25, 0.3) is 0 Å². The Balaban J connectivity index is 2.50. The van der Waals surface area contributed by atoms with Crippen molar-refractivity contribution in [2.45, 2.75) is 6.42 Å². The van der Waals surface area contributed by atoms with Crippen LogP contribution in [0.4, 0.5) is 0 Å². The zero-order chi connectivity index (χ0) is 12.8. The molecular formula is C12H15NO4. The summed E-state index contributed by atoms with van der Waals surface area (Å²) in [6, 6.07) is 6.18. The summed E-state index contributed by atoms with van der Waals surface area (Å²) in [6.45, 7) is 0.236. The molecular weight excluding hydrogens is 222 g/mol. The van der Waals surface area contributed by atoms with E-state index >= 15 is 0 Å². The van der Waals surface area contributed by atoms with Gasteiger partial charge in [-0.25, -0.2) is 4.79 Å². The summed E-state index contributed by atoms with van der Waals surface area (Å²) in [6.07, 6.45) is 0.268. The first-order chi connectivity index (χ1) is 8.00. The lowest BCUT2D eigenvalue weighted by molar-refractivity contribution is -0.129. The average Bonchev–Trinajstić information content (AvgIpc) is 2.29. The van der Waals surface area contributed by atoms with E-state index in [0.717, 1.165) is 0 Å². The number of nitrogens with zero attached hydrogens (tertiary/aromatic N) is 1. The van der Waals surface area contributed by atoms with Crippen LogP contribution in [0.15, 0.2) is 24.3 Å². The molecule has 0 aromatic heterocycles. The Hall–Kier alpha value is -2.04. The van der Waals surface area contributed by atoms with Crippen molar-refractivity contribution in [3.05, 3.63) is 29.8 Å². The topological polar surface area (TPSA) is 66.8 Å². The lowest BCUT2D eigenvalue weighted by Crippen LogP contribution is -2.23. The van der Waals surface area contributed by atoms with Gasteiger partial charge >= 0.3 is 5.97 Å². The molecule has 0 saturated heterocycles. The lowest BCUT2D eigenvalue weighted by atomic mass is 10.2. The zero-order valence-corrected chi connectivity index (χ0v) is 9.84. The standard InChI is InChI=1S/C12H15NO4/c1-13(2)11(14)6-7-17-10-5-3-4-9(8-10)12(15)16/h3-5,8H,6-7H2,1-2H3,(H,15,16). The maximum Gasteiger partial charge on any atom is 0.335 e.